The summed E-state index contributed by atoms with van der Waals surface area (Å²) in [6.07, 6.45) is 0. The Hall–Kier alpha value is -4.65. The zero-order chi connectivity index (χ0) is 24.1. The van der Waals surface area contributed by atoms with E-state index in [2.05, 4.69) is 20.5 Å². The first kappa shape index (κ1) is 22.5. The molecule has 0 unspecified atom stereocenters. The minimum Gasteiger partial charge on any atom is -0.507 e. The Kier molecular flexibility index (Phi) is 6.54. The van der Waals surface area contributed by atoms with Crippen LogP contribution in [-0.4, -0.2) is 16.0 Å². The predicted octanol–water partition coefficient (Wildman–Crippen LogP) is 7.78. The number of phenols is 2. The van der Waals surface area contributed by atoms with Gasteiger partial charge in [-0.05, 0) is 74.5 Å². The first-order valence-electron chi connectivity index (χ1n) is 10.6. The Balaban J connectivity index is 1.60. The van der Waals surface area contributed by atoms with Crippen molar-refractivity contribution in [1.29, 1.82) is 0 Å². The average Bonchev–Trinajstić information content (AvgIpc) is 2.84. The fourth-order valence-corrected chi connectivity index (χ4v) is 3.14. The Bertz CT molecular complexity index is 1290. The Morgan fingerprint density at radius 3 is 1.24 bits per heavy atom. The lowest BCUT2D eigenvalue weighted by Crippen LogP contribution is -2.02. The molecule has 0 heterocycles. The molecular weight excluding hydrogens is 428 g/mol. The third-order valence-electron chi connectivity index (χ3n) is 5.08. The third-order valence-corrected chi connectivity index (χ3v) is 5.08. The molecule has 0 aliphatic heterocycles. The number of carbonyl (C=O) groups is 1. The topological polar surface area (TPSA) is 107 Å². The van der Waals surface area contributed by atoms with Gasteiger partial charge in [0.1, 0.15) is 11.5 Å². The second-order valence-electron chi connectivity index (χ2n) is 7.80. The molecule has 0 spiro atoms. The van der Waals surface area contributed by atoms with Crippen molar-refractivity contribution in [3.63, 3.8) is 0 Å². The van der Waals surface area contributed by atoms with E-state index in [1.54, 1.807) is 12.1 Å². The van der Waals surface area contributed by atoms with Gasteiger partial charge in [0.2, 0.25) is 5.78 Å². The lowest BCUT2D eigenvalue weighted by atomic mass is 10.0. The highest BCUT2D eigenvalue weighted by Gasteiger charge is 2.18. The number of ketones is 1. The molecule has 0 aromatic heterocycles. The highest BCUT2D eigenvalue weighted by molar-refractivity contribution is 6.13. The van der Waals surface area contributed by atoms with Gasteiger partial charge >= 0.3 is 0 Å². The molecule has 4 aromatic rings. The van der Waals surface area contributed by atoms with Crippen LogP contribution < -0.4 is 0 Å². The number of carbonyl (C=O) groups excluding carboxylic acids is 1. The molecule has 0 aliphatic rings. The summed E-state index contributed by atoms with van der Waals surface area (Å²) in [5.74, 6) is -1.04. The van der Waals surface area contributed by atoms with Gasteiger partial charge in [-0.15, -0.1) is 0 Å². The van der Waals surface area contributed by atoms with Crippen molar-refractivity contribution >= 4 is 28.5 Å². The van der Waals surface area contributed by atoms with Gasteiger partial charge in [0, 0.05) is 0 Å². The summed E-state index contributed by atoms with van der Waals surface area (Å²) < 4.78 is 0. The second kappa shape index (κ2) is 9.87. The van der Waals surface area contributed by atoms with Crippen LogP contribution in [-0.2, 0) is 0 Å². The molecule has 0 atom stereocenters. The molecule has 168 valence electrons. The average molecular weight is 450 g/mol. The van der Waals surface area contributed by atoms with Crippen LogP contribution in [0.25, 0.3) is 0 Å². The van der Waals surface area contributed by atoms with Crippen LogP contribution in [0.1, 0.15) is 27.0 Å². The van der Waals surface area contributed by atoms with Crippen LogP contribution in [0.2, 0.25) is 0 Å². The van der Waals surface area contributed by atoms with Crippen molar-refractivity contribution in [1.82, 2.24) is 0 Å². The van der Waals surface area contributed by atoms with Gasteiger partial charge in [-0.3, -0.25) is 4.79 Å². The zero-order valence-corrected chi connectivity index (χ0v) is 18.7. The molecule has 0 aliphatic carbocycles. The lowest BCUT2D eigenvalue weighted by Gasteiger charge is -2.07. The number of azo groups is 2. The zero-order valence-electron chi connectivity index (χ0n) is 18.7. The molecule has 7 heteroatoms. The monoisotopic (exact) mass is 450 g/mol. The third kappa shape index (κ3) is 5.39. The molecule has 0 fully saturated rings. The molecule has 0 bridgehead atoms. The van der Waals surface area contributed by atoms with E-state index in [1.807, 2.05) is 62.4 Å². The molecule has 0 saturated carbocycles. The number of aryl methyl sites for hydroxylation is 2. The quantitative estimate of drug-likeness (QED) is 0.231. The van der Waals surface area contributed by atoms with Crippen molar-refractivity contribution in [2.75, 3.05) is 0 Å². The number of aromatic hydroxyl groups is 2. The summed E-state index contributed by atoms with van der Waals surface area (Å²) in [4.78, 5) is 13.2. The SMILES string of the molecule is Cc1ccc(N=Nc2ccc(O)c(C(=O)c3cc(N=Nc4ccc(C)cc4)ccc3O)c2)cc1. The predicted molar refractivity (Wildman–Crippen MR) is 130 cm³/mol. The van der Waals surface area contributed by atoms with E-state index >= 15 is 0 Å². The van der Waals surface area contributed by atoms with Crippen LogP contribution in [0.3, 0.4) is 0 Å². The maximum Gasteiger partial charge on any atom is 0.200 e. The van der Waals surface area contributed by atoms with Gasteiger partial charge < -0.3 is 10.2 Å². The van der Waals surface area contributed by atoms with Gasteiger partial charge in [-0.25, -0.2) is 0 Å². The standard InChI is InChI=1S/C27H22N4O3/c1-17-3-7-19(8-4-17)28-30-21-11-13-25(32)23(15-21)27(34)24-16-22(12-14-26(24)33)31-29-20-9-5-18(2)6-10-20/h3-16,32-33H,1-2H3. The van der Waals surface area contributed by atoms with Crippen LogP contribution in [0.15, 0.2) is 105 Å². The van der Waals surface area contributed by atoms with Crippen molar-refractivity contribution in [2.24, 2.45) is 20.5 Å². The summed E-state index contributed by atoms with van der Waals surface area (Å²) in [7, 11) is 0. The molecule has 0 radical (unpaired) electrons. The second-order valence-corrected chi connectivity index (χ2v) is 7.80. The smallest absolute Gasteiger partial charge is 0.200 e. The number of phenolic OH excluding ortho intramolecular Hbond substituents is 2. The molecule has 34 heavy (non-hydrogen) atoms. The number of nitrogens with zero attached hydrogens (tertiary/aromatic N) is 4. The fourth-order valence-electron chi connectivity index (χ4n) is 3.14. The lowest BCUT2D eigenvalue weighted by molar-refractivity contribution is 0.103. The van der Waals surface area contributed by atoms with E-state index in [4.69, 9.17) is 0 Å². The molecule has 4 aromatic carbocycles. The van der Waals surface area contributed by atoms with Gasteiger partial charge in [0.05, 0.1) is 33.9 Å². The van der Waals surface area contributed by atoms with Crippen molar-refractivity contribution in [3.05, 3.63) is 107 Å². The summed E-state index contributed by atoms with van der Waals surface area (Å²) in [6.45, 7) is 3.96. The molecule has 7 nitrogen and oxygen atoms in total. The largest absolute Gasteiger partial charge is 0.507 e. The fraction of sp³-hybridized carbons (Fsp3) is 0.0741. The number of hydrogen-bond acceptors (Lipinski definition) is 7. The summed E-state index contributed by atoms with van der Waals surface area (Å²) >= 11 is 0. The minimum absolute atomic E-state index is 0.0109. The maximum atomic E-state index is 13.2. The van der Waals surface area contributed by atoms with Gasteiger partial charge in [-0.2, -0.15) is 20.5 Å². The van der Waals surface area contributed by atoms with Crippen LogP contribution in [0.4, 0.5) is 22.7 Å². The van der Waals surface area contributed by atoms with Crippen LogP contribution in [0.5, 0.6) is 11.5 Å². The van der Waals surface area contributed by atoms with E-state index in [9.17, 15) is 15.0 Å². The first-order chi connectivity index (χ1) is 16.4. The van der Waals surface area contributed by atoms with Crippen LogP contribution in [0, 0.1) is 13.8 Å². The number of benzene rings is 4. The summed E-state index contributed by atoms with van der Waals surface area (Å²) in [5, 5.41) is 37.3. The van der Waals surface area contributed by atoms with E-state index in [-0.39, 0.29) is 22.6 Å². The molecule has 0 amide bonds. The van der Waals surface area contributed by atoms with E-state index in [1.165, 1.54) is 24.3 Å². The normalized spacial score (nSPS) is 11.4. The molecule has 2 N–H and O–H groups in total. The van der Waals surface area contributed by atoms with Crippen LogP contribution >= 0.6 is 0 Å². The molecule has 0 saturated heterocycles. The molecular formula is C27H22N4O3. The summed E-state index contributed by atoms with van der Waals surface area (Å²) in [5.41, 5.74) is 4.29. The Morgan fingerprint density at radius 1 is 0.529 bits per heavy atom. The van der Waals surface area contributed by atoms with Crippen molar-refractivity contribution < 1.29 is 15.0 Å². The number of rotatable bonds is 6. The van der Waals surface area contributed by atoms with Gasteiger partial charge in [0.25, 0.3) is 0 Å². The van der Waals surface area contributed by atoms with Crippen molar-refractivity contribution in [2.45, 2.75) is 13.8 Å². The maximum absolute atomic E-state index is 13.2. The van der Waals surface area contributed by atoms with E-state index < -0.39 is 5.78 Å². The van der Waals surface area contributed by atoms with Crippen molar-refractivity contribution in [3.8, 4) is 11.5 Å². The van der Waals surface area contributed by atoms with Gasteiger partial charge in [-0.1, -0.05) is 35.4 Å². The highest BCUT2D eigenvalue weighted by Crippen LogP contribution is 2.32. The van der Waals surface area contributed by atoms with Gasteiger partial charge in [0.15, 0.2) is 0 Å². The highest BCUT2D eigenvalue weighted by atomic mass is 16.3. The number of hydrogen-bond donors (Lipinski definition) is 2. The Morgan fingerprint density at radius 2 is 0.853 bits per heavy atom. The molecule has 4 rings (SSSR count). The Labute approximate surface area is 196 Å². The minimum atomic E-state index is -0.574. The first-order valence-corrected chi connectivity index (χ1v) is 10.6. The van der Waals surface area contributed by atoms with E-state index in [0.29, 0.717) is 22.7 Å². The van der Waals surface area contributed by atoms with E-state index in [0.717, 1.165) is 11.1 Å². The summed E-state index contributed by atoms with van der Waals surface area (Å²) in [6, 6.07) is 23.7.